The van der Waals surface area contributed by atoms with Crippen LogP contribution in [0.3, 0.4) is 0 Å². The van der Waals surface area contributed by atoms with Gasteiger partial charge >= 0.3 is 0 Å². The van der Waals surface area contributed by atoms with Crippen LogP contribution in [0.2, 0.25) is 5.02 Å². The molecule has 3 heterocycles. The first kappa shape index (κ1) is 17.7. The number of amides is 2. The number of carbonyl (C=O) groups is 2. The minimum absolute atomic E-state index is 0.0432. The second-order valence-electron chi connectivity index (χ2n) is 6.68. The van der Waals surface area contributed by atoms with E-state index in [9.17, 15) is 9.59 Å². The number of hydrogen-bond acceptors (Lipinski definition) is 3. The van der Waals surface area contributed by atoms with Crippen molar-refractivity contribution in [2.24, 2.45) is 0 Å². The molecule has 2 aromatic heterocycles. The molecule has 3 aromatic rings. The molecule has 0 aliphatic carbocycles. The van der Waals surface area contributed by atoms with Crippen molar-refractivity contribution in [3.8, 4) is 0 Å². The average Bonchev–Trinajstić information content (AvgIpc) is 3.25. The molecule has 140 valence electrons. The zero-order valence-corrected chi connectivity index (χ0v) is 15.8. The molecule has 0 unspecified atom stereocenters. The number of piperazine rings is 1. The Balaban J connectivity index is 1.64. The van der Waals surface area contributed by atoms with Crippen molar-refractivity contribution in [2.45, 2.75) is 13.5 Å². The van der Waals surface area contributed by atoms with E-state index in [1.165, 1.54) is 0 Å². The maximum Gasteiger partial charge on any atom is 0.270 e. The number of furan rings is 1. The van der Waals surface area contributed by atoms with E-state index in [1.807, 2.05) is 34.9 Å². The van der Waals surface area contributed by atoms with Gasteiger partial charge in [-0.25, -0.2) is 0 Å². The van der Waals surface area contributed by atoms with E-state index in [1.54, 1.807) is 29.1 Å². The standard InChI is InChI=1S/C20H20ClN3O3/c1-14(25)22-7-9-23(10-8-22)20(26)18-12-19-17(6-11-27-19)24(18)13-15-4-2-3-5-16(15)21/h2-6,11-12H,7-10,13H2,1H3. The van der Waals surface area contributed by atoms with Crippen molar-refractivity contribution in [1.29, 1.82) is 0 Å². The first-order chi connectivity index (χ1) is 13.0. The number of rotatable bonds is 3. The van der Waals surface area contributed by atoms with Crippen molar-refractivity contribution >= 4 is 34.5 Å². The number of halogens is 1. The monoisotopic (exact) mass is 385 g/mol. The zero-order valence-electron chi connectivity index (χ0n) is 15.0. The quantitative estimate of drug-likeness (QED) is 0.695. The highest BCUT2D eigenvalue weighted by molar-refractivity contribution is 6.31. The summed E-state index contributed by atoms with van der Waals surface area (Å²) in [5, 5.41) is 0.663. The molecule has 7 heteroatoms. The summed E-state index contributed by atoms with van der Waals surface area (Å²) < 4.78 is 7.46. The summed E-state index contributed by atoms with van der Waals surface area (Å²) in [7, 11) is 0. The minimum atomic E-state index is -0.0587. The number of nitrogens with zero attached hydrogens (tertiary/aromatic N) is 3. The lowest BCUT2D eigenvalue weighted by atomic mass is 10.2. The number of carbonyl (C=O) groups excluding carboxylic acids is 2. The topological polar surface area (TPSA) is 58.7 Å². The molecule has 4 rings (SSSR count). The molecule has 0 saturated carbocycles. The van der Waals surface area contributed by atoms with Crippen molar-refractivity contribution in [2.75, 3.05) is 26.2 Å². The van der Waals surface area contributed by atoms with Crippen LogP contribution in [-0.4, -0.2) is 52.4 Å². The summed E-state index contributed by atoms with van der Waals surface area (Å²) in [5.74, 6) is -0.0154. The fourth-order valence-corrected chi connectivity index (χ4v) is 3.70. The first-order valence-corrected chi connectivity index (χ1v) is 9.27. The van der Waals surface area contributed by atoms with E-state index in [0.717, 1.165) is 11.1 Å². The van der Waals surface area contributed by atoms with E-state index in [2.05, 4.69) is 0 Å². The molecule has 1 fully saturated rings. The van der Waals surface area contributed by atoms with Crippen molar-refractivity contribution in [1.82, 2.24) is 14.4 Å². The van der Waals surface area contributed by atoms with Gasteiger partial charge in [-0.3, -0.25) is 9.59 Å². The molecule has 1 aliphatic heterocycles. The van der Waals surface area contributed by atoms with Crippen LogP contribution in [0.25, 0.3) is 11.1 Å². The predicted molar refractivity (Wildman–Crippen MR) is 103 cm³/mol. The molecule has 1 aromatic carbocycles. The zero-order chi connectivity index (χ0) is 19.0. The molecule has 0 N–H and O–H groups in total. The normalized spacial score (nSPS) is 14.7. The van der Waals surface area contributed by atoms with Crippen LogP contribution in [0.15, 0.2) is 47.1 Å². The molecule has 0 spiro atoms. The van der Waals surface area contributed by atoms with Crippen LogP contribution in [0.4, 0.5) is 0 Å². The Morgan fingerprint density at radius 3 is 2.48 bits per heavy atom. The third-order valence-electron chi connectivity index (χ3n) is 5.04. The smallest absolute Gasteiger partial charge is 0.270 e. The fourth-order valence-electron chi connectivity index (χ4n) is 3.51. The predicted octanol–water partition coefficient (Wildman–Crippen LogP) is 3.24. The third-order valence-corrected chi connectivity index (χ3v) is 5.41. The summed E-state index contributed by atoms with van der Waals surface area (Å²) >= 11 is 6.32. The van der Waals surface area contributed by atoms with Gasteiger partial charge in [-0.2, -0.15) is 0 Å². The minimum Gasteiger partial charge on any atom is -0.463 e. The average molecular weight is 386 g/mol. The second-order valence-corrected chi connectivity index (χ2v) is 7.08. The molecule has 0 radical (unpaired) electrons. The number of fused-ring (bicyclic) bond motifs is 1. The van der Waals surface area contributed by atoms with Gasteiger partial charge in [-0.05, 0) is 11.6 Å². The second kappa shape index (κ2) is 7.12. The van der Waals surface area contributed by atoms with Crippen molar-refractivity contribution in [3.63, 3.8) is 0 Å². The Labute approximate surface area is 161 Å². The summed E-state index contributed by atoms with van der Waals surface area (Å²) in [6.07, 6.45) is 1.62. The van der Waals surface area contributed by atoms with Crippen LogP contribution < -0.4 is 0 Å². The summed E-state index contributed by atoms with van der Waals surface area (Å²) in [4.78, 5) is 28.2. The third kappa shape index (κ3) is 3.32. The maximum absolute atomic E-state index is 13.2. The first-order valence-electron chi connectivity index (χ1n) is 8.89. The lowest BCUT2D eigenvalue weighted by Crippen LogP contribution is -2.50. The van der Waals surface area contributed by atoms with Gasteiger partial charge in [-0.1, -0.05) is 29.8 Å². The number of hydrogen-bond donors (Lipinski definition) is 0. The van der Waals surface area contributed by atoms with Crippen LogP contribution in [0.5, 0.6) is 0 Å². The van der Waals surface area contributed by atoms with E-state index in [-0.39, 0.29) is 11.8 Å². The van der Waals surface area contributed by atoms with Gasteiger partial charge < -0.3 is 18.8 Å². The van der Waals surface area contributed by atoms with Crippen molar-refractivity contribution in [3.05, 3.63) is 58.9 Å². The maximum atomic E-state index is 13.2. The van der Waals surface area contributed by atoms with Gasteiger partial charge in [-0.15, -0.1) is 0 Å². The highest BCUT2D eigenvalue weighted by Gasteiger charge is 2.27. The lowest BCUT2D eigenvalue weighted by Gasteiger charge is -2.34. The van der Waals surface area contributed by atoms with Gasteiger partial charge in [0.15, 0.2) is 5.58 Å². The van der Waals surface area contributed by atoms with Gasteiger partial charge in [0.1, 0.15) is 5.69 Å². The van der Waals surface area contributed by atoms with Crippen molar-refractivity contribution < 1.29 is 14.0 Å². The van der Waals surface area contributed by atoms with Gasteiger partial charge in [0.2, 0.25) is 5.91 Å². The van der Waals surface area contributed by atoms with Crippen LogP contribution in [0.1, 0.15) is 23.0 Å². The summed E-state index contributed by atoms with van der Waals surface area (Å²) in [6.45, 7) is 4.20. The fraction of sp³-hybridized carbons (Fsp3) is 0.300. The Kier molecular flexibility index (Phi) is 4.66. The Hall–Kier alpha value is -2.73. The van der Waals surface area contributed by atoms with Crippen LogP contribution in [-0.2, 0) is 11.3 Å². The van der Waals surface area contributed by atoms with E-state index in [4.69, 9.17) is 16.0 Å². The molecule has 27 heavy (non-hydrogen) atoms. The molecule has 0 atom stereocenters. The van der Waals surface area contributed by atoms with Gasteiger partial charge in [0.05, 0.1) is 11.8 Å². The molecule has 2 amide bonds. The van der Waals surface area contributed by atoms with Gasteiger partial charge in [0, 0.05) is 56.8 Å². The molecular weight excluding hydrogens is 366 g/mol. The molecule has 6 nitrogen and oxygen atoms in total. The molecule has 1 aliphatic rings. The number of benzene rings is 1. The Bertz CT molecular complexity index is 999. The Morgan fingerprint density at radius 2 is 1.78 bits per heavy atom. The highest BCUT2D eigenvalue weighted by atomic mass is 35.5. The number of aromatic nitrogens is 1. The summed E-state index contributed by atoms with van der Waals surface area (Å²) in [5.41, 5.74) is 3.04. The van der Waals surface area contributed by atoms with E-state index in [0.29, 0.717) is 49.0 Å². The highest BCUT2D eigenvalue weighted by Crippen LogP contribution is 2.26. The van der Waals surface area contributed by atoms with Gasteiger partial charge in [0.25, 0.3) is 5.91 Å². The SMILES string of the molecule is CC(=O)N1CCN(C(=O)c2cc3occc3n2Cc2ccccc2Cl)CC1. The summed E-state index contributed by atoms with van der Waals surface area (Å²) in [6, 6.07) is 11.3. The lowest BCUT2D eigenvalue weighted by molar-refractivity contribution is -0.130. The van der Waals surface area contributed by atoms with Crippen LogP contribution in [0, 0.1) is 0 Å². The largest absolute Gasteiger partial charge is 0.463 e. The van der Waals surface area contributed by atoms with E-state index < -0.39 is 0 Å². The Morgan fingerprint density at radius 1 is 1.07 bits per heavy atom. The van der Waals surface area contributed by atoms with E-state index >= 15 is 0 Å². The molecule has 0 bridgehead atoms. The van der Waals surface area contributed by atoms with Crippen LogP contribution >= 0.6 is 11.6 Å². The molecule has 1 saturated heterocycles. The molecular formula is C20H20ClN3O3.